The van der Waals surface area contributed by atoms with Gasteiger partial charge in [-0.1, -0.05) is 45.8 Å². The number of allylic oxidation sites excluding steroid dienone is 2. The second-order valence-electron chi connectivity index (χ2n) is 13.1. The predicted molar refractivity (Wildman–Crippen MR) is 122 cm³/mol. The highest BCUT2D eigenvalue weighted by atomic mass is 16.3. The molecule has 4 fully saturated rings. The molecule has 0 spiro atoms. The number of aliphatic hydroxyl groups is 1. The summed E-state index contributed by atoms with van der Waals surface area (Å²) in [5.74, 6) is 1.35. The average Bonchev–Trinajstić information content (AvgIpc) is 2.73. The minimum absolute atomic E-state index is 0.0290. The van der Waals surface area contributed by atoms with Crippen LogP contribution in [0.2, 0.25) is 0 Å². The first kappa shape index (κ1) is 21.9. The van der Waals surface area contributed by atoms with Crippen molar-refractivity contribution in [2.75, 3.05) is 0 Å². The van der Waals surface area contributed by atoms with Gasteiger partial charge in [-0.25, -0.2) is 0 Å². The Morgan fingerprint density at radius 1 is 0.935 bits per heavy atom. The minimum Gasteiger partial charge on any atom is -0.393 e. The van der Waals surface area contributed by atoms with E-state index in [4.69, 9.17) is 0 Å². The van der Waals surface area contributed by atoms with Gasteiger partial charge in [0.25, 0.3) is 0 Å². The number of Topliss-reactive ketones (excluding diaryl/α,β-unsaturated/α-hetero) is 1. The van der Waals surface area contributed by atoms with Crippen molar-refractivity contribution < 1.29 is 14.7 Å². The number of fused-ring (bicyclic) bond motifs is 7. The molecular weight excluding hydrogens is 384 g/mol. The van der Waals surface area contributed by atoms with Crippen LogP contribution in [0, 0.1) is 44.8 Å². The molecule has 0 aromatic rings. The number of carbonyl (C=O) groups excluding carboxylic acids is 2. The van der Waals surface area contributed by atoms with E-state index >= 15 is 0 Å². The fourth-order valence-corrected chi connectivity index (χ4v) is 9.97. The second-order valence-corrected chi connectivity index (χ2v) is 13.1. The van der Waals surface area contributed by atoms with Crippen LogP contribution in [0.4, 0.5) is 0 Å². The van der Waals surface area contributed by atoms with Gasteiger partial charge in [0, 0.05) is 11.8 Å². The van der Waals surface area contributed by atoms with E-state index in [2.05, 4.69) is 33.8 Å². The van der Waals surface area contributed by atoms with Crippen molar-refractivity contribution in [3.63, 3.8) is 0 Å². The van der Waals surface area contributed by atoms with E-state index in [0.717, 1.165) is 57.7 Å². The standard InChI is InChI=1S/C28H42O3/c1-24-15-16-27(4)19(18(24)7-6-8-22(24)30)9-10-21-25(2)13-12-23(31)26(3,17-29)20(25)11-14-28(21,27)5/h9,17-18,20-22,30H,6-8,10-16H2,1-5H3. The van der Waals surface area contributed by atoms with Gasteiger partial charge >= 0.3 is 0 Å². The number of hydrogen-bond acceptors (Lipinski definition) is 3. The maximum Gasteiger partial charge on any atom is 0.146 e. The summed E-state index contributed by atoms with van der Waals surface area (Å²) in [4.78, 5) is 25.0. The first-order valence-electron chi connectivity index (χ1n) is 12.9. The molecule has 5 aliphatic carbocycles. The Bertz CT molecular complexity index is 845. The second kappa shape index (κ2) is 6.55. The van der Waals surface area contributed by atoms with E-state index in [0.29, 0.717) is 18.3 Å². The van der Waals surface area contributed by atoms with Gasteiger partial charge in [-0.15, -0.1) is 0 Å². The van der Waals surface area contributed by atoms with Crippen LogP contribution in [0.15, 0.2) is 11.6 Å². The summed E-state index contributed by atoms with van der Waals surface area (Å²) >= 11 is 0. The van der Waals surface area contributed by atoms with Crippen molar-refractivity contribution in [3.8, 4) is 0 Å². The Kier molecular flexibility index (Phi) is 4.62. The molecule has 9 atom stereocenters. The molecule has 0 aromatic carbocycles. The normalized spacial score (nSPS) is 56.5. The van der Waals surface area contributed by atoms with Gasteiger partial charge in [-0.3, -0.25) is 4.79 Å². The summed E-state index contributed by atoms with van der Waals surface area (Å²) in [6.45, 7) is 11.8. The molecule has 3 heteroatoms. The molecule has 1 N–H and O–H groups in total. The third-order valence-corrected chi connectivity index (χ3v) is 12.3. The van der Waals surface area contributed by atoms with E-state index in [-0.39, 0.29) is 39.5 Å². The Morgan fingerprint density at radius 2 is 1.68 bits per heavy atom. The minimum atomic E-state index is -0.808. The summed E-state index contributed by atoms with van der Waals surface area (Å²) in [6, 6.07) is 0. The van der Waals surface area contributed by atoms with Crippen LogP contribution in [-0.2, 0) is 9.59 Å². The van der Waals surface area contributed by atoms with Crippen molar-refractivity contribution >= 4 is 12.1 Å². The number of rotatable bonds is 1. The molecule has 9 unspecified atom stereocenters. The first-order valence-corrected chi connectivity index (χ1v) is 12.9. The third-order valence-electron chi connectivity index (χ3n) is 12.3. The molecule has 5 aliphatic rings. The summed E-state index contributed by atoms with van der Waals surface area (Å²) < 4.78 is 0. The Labute approximate surface area is 188 Å². The fourth-order valence-electron chi connectivity index (χ4n) is 9.97. The van der Waals surface area contributed by atoms with Gasteiger partial charge in [0.2, 0.25) is 0 Å². The monoisotopic (exact) mass is 426 g/mol. The Balaban J connectivity index is 1.59. The smallest absolute Gasteiger partial charge is 0.146 e. The number of ketones is 1. The molecule has 0 bridgehead atoms. The van der Waals surface area contributed by atoms with Crippen molar-refractivity contribution in [2.45, 2.75) is 105 Å². The molecule has 4 saturated carbocycles. The molecule has 0 radical (unpaired) electrons. The van der Waals surface area contributed by atoms with Gasteiger partial charge in [0.1, 0.15) is 12.1 Å². The predicted octanol–water partition coefficient (Wildman–Crippen LogP) is 5.89. The topological polar surface area (TPSA) is 54.4 Å². The number of aliphatic hydroxyl groups excluding tert-OH is 1. The molecule has 0 saturated heterocycles. The van der Waals surface area contributed by atoms with Crippen LogP contribution in [0.5, 0.6) is 0 Å². The average molecular weight is 427 g/mol. The third kappa shape index (κ3) is 2.45. The highest BCUT2D eigenvalue weighted by molar-refractivity contribution is 5.99. The maximum absolute atomic E-state index is 12.8. The molecular formula is C28H42O3. The first-order chi connectivity index (χ1) is 14.5. The van der Waals surface area contributed by atoms with Crippen LogP contribution in [0.3, 0.4) is 0 Å². The van der Waals surface area contributed by atoms with Crippen LogP contribution in [0.1, 0.15) is 98.8 Å². The summed E-state index contributed by atoms with van der Waals surface area (Å²) in [7, 11) is 0. The molecule has 0 heterocycles. The van der Waals surface area contributed by atoms with E-state index in [1.54, 1.807) is 5.57 Å². The maximum atomic E-state index is 12.8. The number of aldehydes is 1. The van der Waals surface area contributed by atoms with Gasteiger partial charge in [0.05, 0.1) is 11.5 Å². The molecule has 172 valence electrons. The largest absolute Gasteiger partial charge is 0.393 e. The number of carbonyl (C=O) groups is 2. The molecule has 0 aromatic heterocycles. The van der Waals surface area contributed by atoms with E-state index in [1.165, 1.54) is 6.42 Å². The zero-order valence-electron chi connectivity index (χ0n) is 20.3. The fraction of sp³-hybridized carbons (Fsp3) is 0.857. The van der Waals surface area contributed by atoms with Crippen LogP contribution < -0.4 is 0 Å². The van der Waals surface area contributed by atoms with Crippen LogP contribution in [0.25, 0.3) is 0 Å². The number of hydrogen-bond donors (Lipinski definition) is 1. The Hall–Kier alpha value is -0.960. The Morgan fingerprint density at radius 3 is 2.39 bits per heavy atom. The lowest BCUT2D eigenvalue weighted by Gasteiger charge is -2.70. The lowest BCUT2D eigenvalue weighted by molar-refractivity contribution is -0.187. The summed E-state index contributed by atoms with van der Waals surface area (Å²) in [5.41, 5.74) is 1.25. The lowest BCUT2D eigenvalue weighted by atomic mass is 9.34. The van der Waals surface area contributed by atoms with Crippen molar-refractivity contribution in [1.29, 1.82) is 0 Å². The van der Waals surface area contributed by atoms with Crippen molar-refractivity contribution in [1.82, 2.24) is 0 Å². The van der Waals surface area contributed by atoms with Gasteiger partial charge < -0.3 is 9.90 Å². The molecule has 3 nitrogen and oxygen atoms in total. The van der Waals surface area contributed by atoms with Crippen LogP contribution in [-0.4, -0.2) is 23.3 Å². The highest BCUT2D eigenvalue weighted by Gasteiger charge is 2.68. The quantitative estimate of drug-likeness (QED) is 0.323. The van der Waals surface area contributed by atoms with Crippen molar-refractivity contribution in [2.24, 2.45) is 44.8 Å². The van der Waals surface area contributed by atoms with Gasteiger partial charge in [-0.05, 0) is 92.3 Å². The highest BCUT2D eigenvalue weighted by Crippen LogP contribution is 2.74. The summed E-state index contributed by atoms with van der Waals surface area (Å²) in [6.07, 6.45) is 13.6. The van der Waals surface area contributed by atoms with E-state index < -0.39 is 5.41 Å². The molecule has 5 rings (SSSR count). The summed E-state index contributed by atoms with van der Waals surface area (Å²) in [5, 5.41) is 10.9. The van der Waals surface area contributed by atoms with Gasteiger partial charge in [0.15, 0.2) is 0 Å². The van der Waals surface area contributed by atoms with Crippen LogP contribution >= 0.6 is 0 Å². The van der Waals surface area contributed by atoms with E-state index in [1.807, 2.05) is 6.92 Å². The van der Waals surface area contributed by atoms with Crippen molar-refractivity contribution in [3.05, 3.63) is 11.6 Å². The zero-order valence-corrected chi connectivity index (χ0v) is 20.3. The SMILES string of the molecule is CC1(C=O)C(=O)CCC2(C)C1CCC1(C)C2CC=C2C3CCCC(O)C3(C)CCC21C. The van der Waals surface area contributed by atoms with Gasteiger partial charge in [-0.2, -0.15) is 0 Å². The lowest BCUT2D eigenvalue weighted by Crippen LogP contribution is -2.65. The van der Waals surface area contributed by atoms with E-state index in [9.17, 15) is 14.7 Å². The molecule has 0 amide bonds. The molecule has 0 aliphatic heterocycles. The zero-order chi connectivity index (χ0) is 22.4. The molecule has 31 heavy (non-hydrogen) atoms.